The van der Waals surface area contributed by atoms with Crippen LogP contribution in [0.5, 0.6) is 40.2 Å². The first-order valence-corrected chi connectivity index (χ1v) is 17.7. The van der Waals surface area contributed by atoms with Crippen LogP contribution in [0.25, 0.3) is 22.4 Å². The fourth-order valence-electron chi connectivity index (χ4n) is 7.12. The molecule has 0 aliphatic carbocycles. The van der Waals surface area contributed by atoms with Crippen LogP contribution in [0.3, 0.4) is 0 Å². The van der Waals surface area contributed by atoms with Crippen molar-refractivity contribution in [2.75, 3.05) is 67.8 Å². The Labute approximate surface area is 312 Å². The van der Waals surface area contributed by atoms with Crippen LogP contribution in [0.15, 0.2) is 91.1 Å². The summed E-state index contributed by atoms with van der Waals surface area (Å²) in [5, 5.41) is 0. The van der Waals surface area contributed by atoms with E-state index in [0.717, 1.165) is 71.9 Å². The minimum Gasteiger partial charge on any atom is -0.497 e. The van der Waals surface area contributed by atoms with Gasteiger partial charge in [-0.05, 0) is 89.7 Å². The molecular formula is C43H49N3O7. The van der Waals surface area contributed by atoms with Crippen molar-refractivity contribution in [3.8, 4) is 62.6 Å². The van der Waals surface area contributed by atoms with E-state index in [4.69, 9.17) is 38.1 Å². The number of piperidine rings is 1. The van der Waals surface area contributed by atoms with Crippen LogP contribution in [0.2, 0.25) is 0 Å². The third-order valence-electron chi connectivity index (χ3n) is 9.85. The van der Waals surface area contributed by atoms with Gasteiger partial charge in [0.15, 0.2) is 23.0 Å². The number of rotatable bonds is 15. The van der Waals surface area contributed by atoms with Crippen LogP contribution in [0.1, 0.15) is 24.0 Å². The Morgan fingerprint density at radius 3 is 1.77 bits per heavy atom. The van der Waals surface area contributed by atoms with Gasteiger partial charge in [-0.15, -0.1) is 0 Å². The number of likely N-dealkylation sites (tertiary alicyclic amines) is 1. The second-order valence-electron chi connectivity index (χ2n) is 12.9. The first-order valence-electron chi connectivity index (χ1n) is 17.7. The summed E-state index contributed by atoms with van der Waals surface area (Å²) in [6.45, 7) is 3.54. The Balaban J connectivity index is 1.20. The van der Waals surface area contributed by atoms with Crippen molar-refractivity contribution in [2.45, 2.75) is 32.0 Å². The first-order chi connectivity index (χ1) is 25.9. The molecular weight excluding hydrogens is 670 g/mol. The van der Waals surface area contributed by atoms with E-state index in [2.05, 4.69) is 64.4 Å². The van der Waals surface area contributed by atoms with Crippen LogP contribution < -0.4 is 38.1 Å². The number of methoxy groups -OCH3 is 7. The highest BCUT2D eigenvalue weighted by molar-refractivity contribution is 5.72. The topological polar surface area (TPSA) is 84.0 Å². The van der Waals surface area contributed by atoms with E-state index in [1.807, 2.05) is 36.5 Å². The lowest BCUT2D eigenvalue weighted by Crippen LogP contribution is -2.44. The Morgan fingerprint density at radius 2 is 1.19 bits per heavy atom. The zero-order chi connectivity index (χ0) is 37.3. The fourth-order valence-corrected chi connectivity index (χ4v) is 7.12. The Bertz CT molecular complexity index is 1940. The predicted molar refractivity (Wildman–Crippen MR) is 208 cm³/mol. The smallest absolute Gasteiger partial charge is 0.203 e. The Hall–Kier alpha value is -5.61. The molecule has 1 aromatic heterocycles. The minimum atomic E-state index is 0.335. The van der Waals surface area contributed by atoms with Crippen LogP contribution in [-0.2, 0) is 13.1 Å². The van der Waals surface area contributed by atoms with Gasteiger partial charge in [0.25, 0.3) is 0 Å². The van der Waals surface area contributed by atoms with Crippen LogP contribution in [0, 0.1) is 0 Å². The molecule has 1 aliphatic rings. The maximum absolute atomic E-state index is 5.65. The molecule has 1 saturated heterocycles. The Kier molecular flexibility index (Phi) is 12.1. The number of ether oxygens (including phenoxy) is 7. The van der Waals surface area contributed by atoms with Gasteiger partial charge >= 0.3 is 0 Å². The normalized spacial score (nSPS) is 13.3. The molecule has 0 N–H and O–H groups in total. The largest absolute Gasteiger partial charge is 0.497 e. The van der Waals surface area contributed by atoms with Crippen LogP contribution >= 0.6 is 0 Å². The van der Waals surface area contributed by atoms with E-state index in [0.29, 0.717) is 47.1 Å². The van der Waals surface area contributed by atoms with Gasteiger partial charge in [0, 0.05) is 55.7 Å². The van der Waals surface area contributed by atoms with Gasteiger partial charge < -0.3 is 38.1 Å². The number of aromatic nitrogens is 1. The van der Waals surface area contributed by atoms with Crippen molar-refractivity contribution < 1.29 is 33.2 Å². The molecule has 0 amide bonds. The molecule has 278 valence electrons. The molecule has 0 unspecified atom stereocenters. The highest BCUT2D eigenvalue weighted by Gasteiger charge is 2.26. The molecule has 0 spiro atoms. The summed E-state index contributed by atoms with van der Waals surface area (Å²) >= 11 is 0. The van der Waals surface area contributed by atoms with Gasteiger partial charge in [-0.25, -0.2) is 0 Å². The van der Waals surface area contributed by atoms with Gasteiger partial charge in [0.05, 0.1) is 55.5 Å². The molecule has 10 heteroatoms. The molecule has 5 aromatic rings. The van der Waals surface area contributed by atoms with Crippen LogP contribution in [-0.4, -0.2) is 78.8 Å². The Morgan fingerprint density at radius 1 is 0.585 bits per heavy atom. The molecule has 1 aliphatic heterocycles. The number of anilines is 1. The summed E-state index contributed by atoms with van der Waals surface area (Å²) in [5.41, 5.74) is 7.37. The summed E-state index contributed by atoms with van der Waals surface area (Å²) in [6.07, 6.45) is 3.91. The summed E-state index contributed by atoms with van der Waals surface area (Å²) in [6, 6.07) is 29.5. The molecule has 0 saturated carbocycles. The molecule has 4 aromatic carbocycles. The standard InChI is InChI=1S/C43H49N3O7/c1-47-36-13-9-12-35(26-36)46(28-30-14-17-44-37(21-30)33-24-40(50-4)43(53-7)41(25-33)51-5)34-15-18-45(19-16-34)27-29-10-8-11-31(20-29)32-22-38(48-2)42(52-6)39(23-32)49-3/h8-14,17,20-26,34H,15-16,18-19,27-28H2,1-7H3. The summed E-state index contributed by atoms with van der Waals surface area (Å²) in [4.78, 5) is 9.78. The van der Waals surface area contributed by atoms with Crippen molar-refractivity contribution in [1.29, 1.82) is 0 Å². The van der Waals surface area contributed by atoms with Gasteiger partial charge in [0.1, 0.15) is 5.75 Å². The number of hydrogen-bond donors (Lipinski definition) is 0. The number of hydrogen-bond acceptors (Lipinski definition) is 10. The minimum absolute atomic E-state index is 0.335. The zero-order valence-corrected chi connectivity index (χ0v) is 31.7. The maximum Gasteiger partial charge on any atom is 0.203 e. The highest BCUT2D eigenvalue weighted by atomic mass is 16.5. The molecule has 10 nitrogen and oxygen atoms in total. The number of nitrogens with zero attached hydrogens (tertiary/aromatic N) is 3. The quantitative estimate of drug-likeness (QED) is 0.106. The molecule has 53 heavy (non-hydrogen) atoms. The second kappa shape index (κ2) is 17.3. The molecule has 6 rings (SSSR count). The fraction of sp³-hybridized carbons (Fsp3) is 0.326. The summed E-state index contributed by atoms with van der Waals surface area (Å²) in [7, 11) is 11.5. The van der Waals surface area contributed by atoms with Crippen LogP contribution in [0.4, 0.5) is 5.69 Å². The van der Waals surface area contributed by atoms with Crippen molar-refractivity contribution in [1.82, 2.24) is 9.88 Å². The highest BCUT2D eigenvalue weighted by Crippen LogP contribution is 2.42. The molecule has 1 fully saturated rings. The van der Waals surface area contributed by atoms with E-state index in [9.17, 15) is 0 Å². The third-order valence-corrected chi connectivity index (χ3v) is 9.85. The van der Waals surface area contributed by atoms with Gasteiger partial charge in [-0.2, -0.15) is 0 Å². The number of benzene rings is 4. The number of pyridine rings is 1. The lowest BCUT2D eigenvalue weighted by atomic mass is 9.99. The van der Waals surface area contributed by atoms with Gasteiger partial charge in [-0.3, -0.25) is 9.88 Å². The molecule has 0 radical (unpaired) electrons. The molecule has 0 atom stereocenters. The molecule has 0 bridgehead atoms. The first kappa shape index (κ1) is 37.2. The van der Waals surface area contributed by atoms with Crippen molar-refractivity contribution >= 4 is 5.69 Å². The second-order valence-corrected chi connectivity index (χ2v) is 12.9. The zero-order valence-electron chi connectivity index (χ0n) is 31.7. The van der Waals surface area contributed by atoms with Crippen molar-refractivity contribution in [3.63, 3.8) is 0 Å². The predicted octanol–water partition coefficient (Wildman–Crippen LogP) is 8.15. The summed E-state index contributed by atoms with van der Waals surface area (Å²) in [5.74, 6) is 4.43. The maximum atomic E-state index is 5.65. The lowest BCUT2D eigenvalue weighted by Gasteiger charge is -2.40. The summed E-state index contributed by atoms with van der Waals surface area (Å²) < 4.78 is 39.2. The van der Waals surface area contributed by atoms with E-state index < -0.39 is 0 Å². The van der Waals surface area contributed by atoms with E-state index in [1.54, 1.807) is 49.8 Å². The van der Waals surface area contributed by atoms with Crippen molar-refractivity contribution in [3.05, 3.63) is 102 Å². The van der Waals surface area contributed by atoms with E-state index >= 15 is 0 Å². The van der Waals surface area contributed by atoms with Gasteiger partial charge in [0.2, 0.25) is 11.5 Å². The van der Waals surface area contributed by atoms with E-state index in [1.165, 1.54) is 5.56 Å². The average molecular weight is 720 g/mol. The van der Waals surface area contributed by atoms with Gasteiger partial charge in [-0.1, -0.05) is 24.3 Å². The SMILES string of the molecule is COc1cccc(N(Cc2ccnc(-c3cc(OC)c(OC)c(OC)c3)c2)C2CCN(Cc3cccc(-c4cc(OC)c(OC)c(OC)c4)c3)CC2)c1. The monoisotopic (exact) mass is 719 g/mol. The lowest BCUT2D eigenvalue weighted by molar-refractivity contribution is 0.201. The average Bonchev–Trinajstić information content (AvgIpc) is 3.22. The van der Waals surface area contributed by atoms with Crippen molar-refractivity contribution in [2.24, 2.45) is 0 Å². The third kappa shape index (κ3) is 8.39. The van der Waals surface area contributed by atoms with E-state index in [-0.39, 0.29) is 0 Å². The molecule has 2 heterocycles.